The molecule has 0 radical (unpaired) electrons. The Morgan fingerprint density at radius 3 is 2.59 bits per heavy atom. The fourth-order valence-electron chi connectivity index (χ4n) is 2.72. The first-order chi connectivity index (χ1) is 8.02. The van der Waals surface area contributed by atoms with Crippen molar-refractivity contribution >= 4 is 0 Å². The van der Waals surface area contributed by atoms with Gasteiger partial charge in [-0.1, -0.05) is 20.8 Å². The fourth-order valence-corrected chi connectivity index (χ4v) is 2.72. The molecule has 1 heterocycles. The predicted molar refractivity (Wildman–Crippen MR) is 75.5 cm³/mol. The van der Waals surface area contributed by atoms with Gasteiger partial charge in [-0.2, -0.15) is 0 Å². The summed E-state index contributed by atoms with van der Waals surface area (Å²) >= 11 is 0. The lowest BCUT2D eigenvalue weighted by atomic mass is 10.1. The molecule has 1 fully saturated rings. The van der Waals surface area contributed by atoms with Gasteiger partial charge in [-0.15, -0.1) is 0 Å². The van der Waals surface area contributed by atoms with E-state index in [1.165, 1.54) is 32.5 Å². The third-order valence-corrected chi connectivity index (χ3v) is 3.89. The summed E-state index contributed by atoms with van der Waals surface area (Å²) < 4.78 is 0. The molecule has 0 spiro atoms. The summed E-state index contributed by atoms with van der Waals surface area (Å²) in [7, 11) is 4.52. The fraction of sp³-hybridized carbons (Fsp3) is 1.00. The first kappa shape index (κ1) is 14.9. The molecule has 102 valence electrons. The lowest BCUT2D eigenvalue weighted by molar-refractivity contribution is 0.194. The monoisotopic (exact) mass is 241 g/mol. The highest BCUT2D eigenvalue weighted by atomic mass is 15.2. The molecule has 2 unspecified atom stereocenters. The van der Waals surface area contributed by atoms with Gasteiger partial charge in [-0.3, -0.25) is 0 Å². The number of likely N-dealkylation sites (N-methyl/N-ethyl adjacent to an activating group) is 1. The Morgan fingerprint density at radius 1 is 1.41 bits per heavy atom. The lowest BCUT2D eigenvalue weighted by Crippen LogP contribution is -2.43. The van der Waals surface area contributed by atoms with Crippen LogP contribution in [0.1, 0.15) is 33.6 Å². The van der Waals surface area contributed by atoms with Crippen LogP contribution in [0.15, 0.2) is 0 Å². The second-order valence-corrected chi connectivity index (χ2v) is 5.98. The van der Waals surface area contributed by atoms with E-state index < -0.39 is 0 Å². The Balaban J connectivity index is 2.30. The summed E-state index contributed by atoms with van der Waals surface area (Å²) in [6.45, 7) is 11.7. The van der Waals surface area contributed by atoms with Crippen molar-refractivity contribution in [2.45, 2.75) is 45.7 Å². The highest BCUT2D eigenvalue weighted by molar-refractivity contribution is 4.79. The van der Waals surface area contributed by atoms with Crippen molar-refractivity contribution in [1.82, 2.24) is 15.1 Å². The summed E-state index contributed by atoms with van der Waals surface area (Å²) in [6, 6.07) is 1.28. The molecule has 3 heteroatoms. The quantitative estimate of drug-likeness (QED) is 0.731. The van der Waals surface area contributed by atoms with Gasteiger partial charge in [0.05, 0.1) is 0 Å². The maximum absolute atomic E-state index is 3.56. The van der Waals surface area contributed by atoms with Gasteiger partial charge in [0, 0.05) is 31.7 Å². The van der Waals surface area contributed by atoms with Crippen LogP contribution in [0.5, 0.6) is 0 Å². The second kappa shape index (κ2) is 7.34. The van der Waals surface area contributed by atoms with E-state index in [2.05, 4.69) is 50.0 Å². The molecule has 0 amide bonds. The number of hydrogen-bond donors (Lipinski definition) is 1. The van der Waals surface area contributed by atoms with Crippen molar-refractivity contribution in [1.29, 1.82) is 0 Å². The molecule has 0 saturated carbocycles. The first-order valence-corrected chi connectivity index (χ1v) is 7.15. The molecule has 3 nitrogen and oxygen atoms in total. The summed E-state index contributed by atoms with van der Waals surface area (Å²) in [6.07, 6.45) is 2.60. The van der Waals surface area contributed by atoms with Crippen molar-refractivity contribution in [3.05, 3.63) is 0 Å². The molecule has 2 atom stereocenters. The third-order valence-electron chi connectivity index (χ3n) is 3.89. The van der Waals surface area contributed by atoms with Crippen LogP contribution in [-0.2, 0) is 0 Å². The van der Waals surface area contributed by atoms with E-state index in [1.54, 1.807) is 0 Å². The lowest BCUT2D eigenvalue weighted by Gasteiger charge is -2.30. The molecule has 0 aromatic rings. The smallest absolute Gasteiger partial charge is 0.0215 e. The minimum atomic E-state index is 0.593. The number of hydrogen-bond acceptors (Lipinski definition) is 3. The van der Waals surface area contributed by atoms with E-state index in [1.807, 2.05) is 0 Å². The molecule has 0 aliphatic carbocycles. The standard InChI is InChI=1S/C14H31N3/c1-6-14(9-15-12(2)3)17(5)11-13-7-8-16(4)10-13/h12-15H,6-11H2,1-5H3. The van der Waals surface area contributed by atoms with Crippen LogP contribution in [-0.4, -0.2) is 62.2 Å². The summed E-state index contributed by atoms with van der Waals surface area (Å²) in [5.41, 5.74) is 0. The van der Waals surface area contributed by atoms with E-state index in [0.29, 0.717) is 12.1 Å². The summed E-state index contributed by atoms with van der Waals surface area (Å²) in [5, 5.41) is 3.56. The van der Waals surface area contributed by atoms with Crippen molar-refractivity contribution < 1.29 is 0 Å². The molecular formula is C14H31N3. The van der Waals surface area contributed by atoms with Gasteiger partial charge >= 0.3 is 0 Å². The molecule has 0 aromatic carbocycles. The zero-order chi connectivity index (χ0) is 12.8. The van der Waals surface area contributed by atoms with Crippen LogP contribution < -0.4 is 5.32 Å². The Labute approximate surface area is 108 Å². The minimum Gasteiger partial charge on any atom is -0.313 e. The van der Waals surface area contributed by atoms with Crippen LogP contribution in [0, 0.1) is 5.92 Å². The highest BCUT2D eigenvalue weighted by Gasteiger charge is 2.23. The van der Waals surface area contributed by atoms with Gasteiger partial charge in [-0.25, -0.2) is 0 Å². The average molecular weight is 241 g/mol. The molecule has 1 aliphatic rings. The largest absolute Gasteiger partial charge is 0.313 e. The van der Waals surface area contributed by atoms with Gasteiger partial charge in [0.15, 0.2) is 0 Å². The number of nitrogens with zero attached hydrogens (tertiary/aromatic N) is 2. The normalized spacial score (nSPS) is 23.8. The molecule has 1 N–H and O–H groups in total. The molecule has 17 heavy (non-hydrogen) atoms. The molecule has 0 aromatic heterocycles. The van der Waals surface area contributed by atoms with Gasteiger partial charge in [0.25, 0.3) is 0 Å². The topological polar surface area (TPSA) is 18.5 Å². The van der Waals surface area contributed by atoms with Crippen LogP contribution in [0.2, 0.25) is 0 Å². The van der Waals surface area contributed by atoms with E-state index in [-0.39, 0.29) is 0 Å². The molecule has 1 aliphatic heterocycles. The van der Waals surface area contributed by atoms with Crippen molar-refractivity contribution in [2.75, 3.05) is 40.3 Å². The highest BCUT2D eigenvalue weighted by Crippen LogP contribution is 2.16. The van der Waals surface area contributed by atoms with Crippen LogP contribution in [0.25, 0.3) is 0 Å². The summed E-state index contributed by atoms with van der Waals surface area (Å²) in [5.74, 6) is 0.873. The maximum Gasteiger partial charge on any atom is 0.0215 e. The SMILES string of the molecule is CCC(CNC(C)C)N(C)CC1CCN(C)C1. The molecule has 1 rings (SSSR count). The van der Waals surface area contributed by atoms with Gasteiger partial charge in [-0.05, 0) is 39.4 Å². The van der Waals surface area contributed by atoms with Gasteiger partial charge < -0.3 is 15.1 Å². The van der Waals surface area contributed by atoms with E-state index >= 15 is 0 Å². The van der Waals surface area contributed by atoms with Crippen molar-refractivity contribution in [2.24, 2.45) is 5.92 Å². The van der Waals surface area contributed by atoms with E-state index in [4.69, 9.17) is 0 Å². The van der Waals surface area contributed by atoms with Gasteiger partial charge in [0.1, 0.15) is 0 Å². The molecule has 1 saturated heterocycles. The Hall–Kier alpha value is -0.120. The zero-order valence-electron chi connectivity index (χ0n) is 12.4. The van der Waals surface area contributed by atoms with Crippen LogP contribution >= 0.6 is 0 Å². The molecular weight excluding hydrogens is 210 g/mol. The second-order valence-electron chi connectivity index (χ2n) is 5.98. The van der Waals surface area contributed by atoms with E-state index in [0.717, 1.165) is 12.5 Å². The predicted octanol–water partition coefficient (Wildman–Crippen LogP) is 1.65. The number of likely N-dealkylation sites (tertiary alicyclic amines) is 1. The van der Waals surface area contributed by atoms with Crippen LogP contribution in [0.3, 0.4) is 0 Å². The number of rotatable bonds is 7. The summed E-state index contributed by atoms with van der Waals surface area (Å²) in [4.78, 5) is 5.00. The van der Waals surface area contributed by atoms with Crippen LogP contribution in [0.4, 0.5) is 0 Å². The number of nitrogens with one attached hydrogen (secondary N) is 1. The van der Waals surface area contributed by atoms with Crippen molar-refractivity contribution in [3.63, 3.8) is 0 Å². The Morgan fingerprint density at radius 2 is 2.12 bits per heavy atom. The minimum absolute atomic E-state index is 0.593. The van der Waals surface area contributed by atoms with Crippen molar-refractivity contribution in [3.8, 4) is 0 Å². The Bertz CT molecular complexity index is 206. The maximum atomic E-state index is 3.56. The molecule has 0 bridgehead atoms. The zero-order valence-corrected chi connectivity index (χ0v) is 12.4. The van der Waals surface area contributed by atoms with E-state index in [9.17, 15) is 0 Å². The average Bonchev–Trinajstić information content (AvgIpc) is 2.64. The Kier molecular flexibility index (Phi) is 6.45. The third kappa shape index (κ3) is 5.36. The first-order valence-electron chi connectivity index (χ1n) is 7.15. The van der Waals surface area contributed by atoms with Gasteiger partial charge in [0.2, 0.25) is 0 Å².